The Labute approximate surface area is 144 Å². The zero-order chi connectivity index (χ0) is 16.8. The number of carbonyl (C=O) groups is 1. The summed E-state index contributed by atoms with van der Waals surface area (Å²) >= 11 is 0. The number of rotatable bonds is 2. The minimum Gasteiger partial charge on any atom is -0.454 e. The van der Waals surface area contributed by atoms with Gasteiger partial charge in [0.25, 0.3) is 0 Å². The van der Waals surface area contributed by atoms with E-state index >= 15 is 0 Å². The maximum absolute atomic E-state index is 12.6. The van der Waals surface area contributed by atoms with Gasteiger partial charge in [0, 0.05) is 17.3 Å². The van der Waals surface area contributed by atoms with Gasteiger partial charge in [-0.15, -0.1) is 0 Å². The zero-order valence-corrected chi connectivity index (χ0v) is 13.2. The average molecular weight is 327 g/mol. The van der Waals surface area contributed by atoms with Crippen LogP contribution in [-0.2, 0) is 0 Å². The number of hydrogen-bond acceptors (Lipinski definition) is 4. The van der Waals surface area contributed by atoms with Crippen molar-refractivity contribution in [3.63, 3.8) is 0 Å². The molecule has 3 aromatic rings. The summed E-state index contributed by atoms with van der Waals surface area (Å²) in [5.41, 5.74) is 5.10. The van der Waals surface area contributed by atoms with E-state index in [2.05, 4.69) is 4.99 Å². The Bertz CT molecular complexity index is 1050. The predicted octanol–water partition coefficient (Wildman–Crippen LogP) is 4.38. The molecule has 0 saturated carbocycles. The number of fused-ring (bicyclic) bond motifs is 4. The Kier molecular flexibility index (Phi) is 2.97. The second-order valence-corrected chi connectivity index (χ2v) is 5.98. The monoisotopic (exact) mass is 327 g/mol. The molecule has 1 aliphatic carbocycles. The van der Waals surface area contributed by atoms with Gasteiger partial charge in [-0.1, -0.05) is 30.3 Å². The third kappa shape index (κ3) is 2.22. The molecule has 0 fully saturated rings. The molecule has 2 aliphatic rings. The third-order valence-corrected chi connectivity index (χ3v) is 4.47. The van der Waals surface area contributed by atoms with E-state index in [1.54, 1.807) is 6.21 Å². The molecule has 4 heteroatoms. The third-order valence-electron chi connectivity index (χ3n) is 4.47. The van der Waals surface area contributed by atoms with Crippen molar-refractivity contribution in [3.05, 3.63) is 77.4 Å². The molecule has 3 aromatic carbocycles. The molecule has 0 atom stereocenters. The molecule has 0 unspecified atom stereocenters. The number of aliphatic imine (C=N–C) groups is 1. The highest BCUT2D eigenvalue weighted by atomic mass is 16.7. The Balaban J connectivity index is 1.48. The summed E-state index contributed by atoms with van der Waals surface area (Å²) in [5.74, 6) is 1.53. The van der Waals surface area contributed by atoms with E-state index in [0.717, 1.165) is 39.4 Å². The Hall–Kier alpha value is -3.40. The van der Waals surface area contributed by atoms with Gasteiger partial charge in [-0.3, -0.25) is 9.79 Å². The zero-order valence-electron chi connectivity index (χ0n) is 13.2. The molecule has 0 saturated heterocycles. The molecule has 0 radical (unpaired) electrons. The molecule has 0 amide bonds. The van der Waals surface area contributed by atoms with Gasteiger partial charge in [-0.25, -0.2) is 0 Å². The van der Waals surface area contributed by atoms with Crippen molar-refractivity contribution in [2.24, 2.45) is 4.99 Å². The van der Waals surface area contributed by atoms with E-state index in [9.17, 15) is 4.79 Å². The van der Waals surface area contributed by atoms with Crippen molar-refractivity contribution < 1.29 is 14.3 Å². The minimum atomic E-state index is 0.0609. The van der Waals surface area contributed by atoms with Gasteiger partial charge in [0.2, 0.25) is 6.79 Å². The Morgan fingerprint density at radius 3 is 2.52 bits per heavy atom. The highest BCUT2D eigenvalue weighted by Crippen LogP contribution is 2.38. The second kappa shape index (κ2) is 5.31. The SMILES string of the molecule is O=C1c2ccccc2-c2ccc(N=Cc3ccc4c(c3)OCO4)cc21. The highest BCUT2D eigenvalue weighted by Gasteiger charge is 2.26. The second-order valence-electron chi connectivity index (χ2n) is 5.98. The van der Waals surface area contributed by atoms with Crippen LogP contribution in [0, 0.1) is 0 Å². The van der Waals surface area contributed by atoms with Crippen molar-refractivity contribution >= 4 is 17.7 Å². The number of benzene rings is 3. The summed E-state index contributed by atoms with van der Waals surface area (Å²) in [6.45, 7) is 0.253. The average Bonchev–Trinajstić information content (AvgIpc) is 3.23. The van der Waals surface area contributed by atoms with Crippen LogP contribution in [0.15, 0.2) is 65.7 Å². The van der Waals surface area contributed by atoms with Crippen molar-refractivity contribution in [2.75, 3.05) is 6.79 Å². The first-order chi connectivity index (χ1) is 12.3. The maximum Gasteiger partial charge on any atom is 0.231 e. The van der Waals surface area contributed by atoms with Crippen molar-refractivity contribution in [2.45, 2.75) is 0 Å². The van der Waals surface area contributed by atoms with Crippen LogP contribution >= 0.6 is 0 Å². The van der Waals surface area contributed by atoms with Crippen LogP contribution in [-0.4, -0.2) is 18.8 Å². The fourth-order valence-corrected chi connectivity index (χ4v) is 3.24. The molecule has 0 aromatic heterocycles. The van der Waals surface area contributed by atoms with Crippen LogP contribution in [0.3, 0.4) is 0 Å². The Morgan fingerprint density at radius 2 is 1.60 bits per heavy atom. The van der Waals surface area contributed by atoms with Crippen LogP contribution in [0.1, 0.15) is 21.5 Å². The summed E-state index contributed by atoms with van der Waals surface area (Å²) in [6, 6.07) is 19.1. The van der Waals surface area contributed by atoms with Crippen LogP contribution in [0.2, 0.25) is 0 Å². The highest BCUT2D eigenvalue weighted by molar-refractivity contribution is 6.22. The van der Waals surface area contributed by atoms with E-state index in [1.807, 2.05) is 60.7 Å². The van der Waals surface area contributed by atoms with Crippen LogP contribution in [0.4, 0.5) is 5.69 Å². The number of hydrogen-bond donors (Lipinski definition) is 0. The fourth-order valence-electron chi connectivity index (χ4n) is 3.24. The van der Waals surface area contributed by atoms with Crippen LogP contribution in [0.25, 0.3) is 11.1 Å². The standard InChI is InChI=1S/C21H13NO3/c23-21-17-4-2-1-3-15(17)16-7-6-14(10-18(16)21)22-11-13-5-8-19-20(9-13)25-12-24-19/h1-11H,12H2. The van der Waals surface area contributed by atoms with Gasteiger partial charge in [0.05, 0.1) is 5.69 Å². The molecule has 25 heavy (non-hydrogen) atoms. The van der Waals surface area contributed by atoms with Gasteiger partial charge < -0.3 is 9.47 Å². The van der Waals surface area contributed by atoms with Crippen LogP contribution in [0.5, 0.6) is 11.5 Å². The summed E-state index contributed by atoms with van der Waals surface area (Å²) in [6.07, 6.45) is 1.76. The molecule has 4 nitrogen and oxygen atoms in total. The summed E-state index contributed by atoms with van der Waals surface area (Å²) < 4.78 is 10.7. The lowest BCUT2D eigenvalue weighted by Crippen LogP contribution is -1.94. The van der Waals surface area contributed by atoms with E-state index in [-0.39, 0.29) is 12.6 Å². The fraction of sp³-hybridized carbons (Fsp3) is 0.0476. The molecule has 120 valence electrons. The van der Waals surface area contributed by atoms with Crippen molar-refractivity contribution in [1.82, 2.24) is 0 Å². The van der Waals surface area contributed by atoms with Crippen molar-refractivity contribution in [1.29, 1.82) is 0 Å². The van der Waals surface area contributed by atoms with E-state index in [1.165, 1.54) is 0 Å². The smallest absolute Gasteiger partial charge is 0.231 e. The molecular formula is C21H13NO3. The first-order valence-corrected chi connectivity index (χ1v) is 8.01. The topological polar surface area (TPSA) is 47.9 Å². The lowest BCUT2D eigenvalue weighted by Gasteiger charge is -2.01. The van der Waals surface area contributed by atoms with E-state index in [4.69, 9.17) is 9.47 Å². The number of carbonyl (C=O) groups excluding carboxylic acids is 1. The summed E-state index contributed by atoms with van der Waals surface area (Å²) in [5, 5.41) is 0. The van der Waals surface area contributed by atoms with E-state index < -0.39 is 0 Å². The van der Waals surface area contributed by atoms with Gasteiger partial charge in [-0.2, -0.15) is 0 Å². The molecular weight excluding hydrogens is 314 g/mol. The van der Waals surface area contributed by atoms with Crippen LogP contribution < -0.4 is 9.47 Å². The van der Waals surface area contributed by atoms with Gasteiger partial charge in [-0.05, 0) is 47.0 Å². The quantitative estimate of drug-likeness (QED) is 0.513. The predicted molar refractivity (Wildman–Crippen MR) is 95.1 cm³/mol. The van der Waals surface area contributed by atoms with Gasteiger partial charge in [0.15, 0.2) is 17.3 Å². The van der Waals surface area contributed by atoms with Gasteiger partial charge >= 0.3 is 0 Å². The number of ketones is 1. The minimum absolute atomic E-state index is 0.0609. The lowest BCUT2D eigenvalue weighted by atomic mass is 10.1. The van der Waals surface area contributed by atoms with Gasteiger partial charge in [0.1, 0.15) is 0 Å². The largest absolute Gasteiger partial charge is 0.454 e. The molecule has 1 heterocycles. The number of ether oxygens (including phenoxy) is 2. The summed E-state index contributed by atoms with van der Waals surface area (Å²) in [7, 11) is 0. The normalized spacial score (nSPS) is 14.0. The molecule has 5 rings (SSSR count). The molecule has 0 N–H and O–H groups in total. The number of nitrogens with zero attached hydrogens (tertiary/aromatic N) is 1. The van der Waals surface area contributed by atoms with E-state index in [0.29, 0.717) is 5.56 Å². The Morgan fingerprint density at radius 1 is 0.800 bits per heavy atom. The maximum atomic E-state index is 12.6. The first-order valence-electron chi connectivity index (χ1n) is 8.01. The molecule has 0 spiro atoms. The lowest BCUT2D eigenvalue weighted by molar-refractivity contribution is 0.104. The molecule has 0 bridgehead atoms. The molecule has 1 aliphatic heterocycles. The first kappa shape index (κ1) is 14.0. The van der Waals surface area contributed by atoms with Crippen molar-refractivity contribution in [3.8, 4) is 22.6 Å². The summed E-state index contributed by atoms with van der Waals surface area (Å²) in [4.78, 5) is 17.1.